The van der Waals surface area contributed by atoms with Crippen molar-refractivity contribution in [3.05, 3.63) is 30.3 Å². The minimum Gasteiger partial charge on any atom is -0.455 e. The molecule has 1 N–H and O–H groups in total. The van der Waals surface area contributed by atoms with Crippen LogP contribution in [0.4, 0.5) is 0 Å². The number of rotatable bonds is 3. The third kappa shape index (κ3) is 2.22. The summed E-state index contributed by atoms with van der Waals surface area (Å²) in [6.45, 7) is 0.451. The third-order valence-corrected chi connectivity index (χ3v) is 4.73. The Labute approximate surface area is 138 Å². The first-order valence-electron chi connectivity index (χ1n) is 7.85. The van der Waals surface area contributed by atoms with Crippen molar-refractivity contribution in [2.75, 3.05) is 20.1 Å². The van der Waals surface area contributed by atoms with Gasteiger partial charge in [0.1, 0.15) is 18.4 Å². The SMILES string of the molecule is CN1CC(=O)N2C[C@@H](n3ccnc3-c3ccc(CO)o3)C[C@H]2C1=O. The molecule has 2 atom stereocenters. The summed E-state index contributed by atoms with van der Waals surface area (Å²) < 4.78 is 7.51. The summed E-state index contributed by atoms with van der Waals surface area (Å²) >= 11 is 0. The summed E-state index contributed by atoms with van der Waals surface area (Å²) in [6, 6.07) is 3.03. The lowest BCUT2D eigenvalue weighted by Gasteiger charge is -2.33. The highest BCUT2D eigenvalue weighted by Gasteiger charge is 2.45. The molecule has 0 bridgehead atoms. The van der Waals surface area contributed by atoms with Gasteiger partial charge >= 0.3 is 0 Å². The molecule has 2 amide bonds. The number of aromatic nitrogens is 2. The van der Waals surface area contributed by atoms with Crippen molar-refractivity contribution >= 4 is 11.8 Å². The molecule has 4 heterocycles. The van der Waals surface area contributed by atoms with Gasteiger partial charge in [-0.1, -0.05) is 0 Å². The van der Waals surface area contributed by atoms with Crippen molar-refractivity contribution in [2.45, 2.75) is 25.1 Å². The highest BCUT2D eigenvalue weighted by atomic mass is 16.4. The zero-order valence-corrected chi connectivity index (χ0v) is 13.3. The van der Waals surface area contributed by atoms with Crippen molar-refractivity contribution in [3.63, 3.8) is 0 Å². The molecule has 2 aliphatic rings. The maximum Gasteiger partial charge on any atom is 0.245 e. The molecular formula is C16H18N4O4. The lowest BCUT2D eigenvalue weighted by atomic mass is 10.1. The number of carbonyl (C=O) groups is 2. The Morgan fingerprint density at radius 1 is 1.38 bits per heavy atom. The summed E-state index contributed by atoms with van der Waals surface area (Å²) in [7, 11) is 1.66. The highest BCUT2D eigenvalue weighted by molar-refractivity contribution is 5.95. The average Bonchev–Trinajstić information content (AvgIpc) is 3.28. The number of aliphatic hydroxyl groups is 1. The van der Waals surface area contributed by atoms with Gasteiger partial charge in [0.05, 0.1) is 12.6 Å². The molecule has 126 valence electrons. The molecular weight excluding hydrogens is 312 g/mol. The summed E-state index contributed by atoms with van der Waals surface area (Å²) in [4.78, 5) is 32.0. The summed E-state index contributed by atoms with van der Waals surface area (Å²) in [5, 5.41) is 9.15. The van der Waals surface area contributed by atoms with Gasteiger partial charge in [-0.25, -0.2) is 4.98 Å². The number of aliphatic hydroxyl groups excluding tert-OH is 1. The van der Waals surface area contributed by atoms with Crippen LogP contribution in [0, 0.1) is 0 Å². The van der Waals surface area contributed by atoms with Crippen molar-refractivity contribution < 1.29 is 19.1 Å². The van der Waals surface area contributed by atoms with Crippen LogP contribution in [0.5, 0.6) is 0 Å². The van der Waals surface area contributed by atoms with E-state index in [1.807, 2.05) is 10.8 Å². The zero-order chi connectivity index (χ0) is 16.8. The van der Waals surface area contributed by atoms with Crippen LogP contribution in [0.3, 0.4) is 0 Å². The Morgan fingerprint density at radius 2 is 2.21 bits per heavy atom. The Bertz CT molecular complexity index is 796. The first-order chi connectivity index (χ1) is 11.6. The van der Waals surface area contributed by atoms with Crippen molar-refractivity contribution in [1.82, 2.24) is 19.4 Å². The first kappa shape index (κ1) is 14.9. The number of fused-ring (bicyclic) bond motifs is 1. The van der Waals surface area contributed by atoms with Gasteiger partial charge in [0, 0.05) is 26.0 Å². The van der Waals surface area contributed by atoms with Crippen LogP contribution >= 0.6 is 0 Å². The van der Waals surface area contributed by atoms with Crippen LogP contribution in [0.25, 0.3) is 11.6 Å². The van der Waals surface area contributed by atoms with E-state index in [0.29, 0.717) is 30.3 Å². The molecule has 2 aromatic rings. The fourth-order valence-electron chi connectivity index (χ4n) is 3.53. The molecule has 0 saturated carbocycles. The number of nitrogens with zero attached hydrogens (tertiary/aromatic N) is 4. The number of carbonyl (C=O) groups excluding carboxylic acids is 2. The average molecular weight is 330 g/mol. The van der Waals surface area contributed by atoms with Crippen molar-refractivity contribution in [1.29, 1.82) is 0 Å². The molecule has 2 fully saturated rings. The predicted molar refractivity (Wildman–Crippen MR) is 82.6 cm³/mol. The quantitative estimate of drug-likeness (QED) is 0.871. The largest absolute Gasteiger partial charge is 0.455 e. The molecule has 8 nitrogen and oxygen atoms in total. The van der Waals surface area contributed by atoms with Crippen LogP contribution in [0.1, 0.15) is 18.2 Å². The van der Waals surface area contributed by atoms with E-state index >= 15 is 0 Å². The van der Waals surface area contributed by atoms with Crippen LogP contribution in [0.15, 0.2) is 28.9 Å². The number of amides is 2. The standard InChI is InChI=1S/C16H18N4O4/c1-18-8-14(22)20-7-10(6-12(20)16(18)23)19-5-4-17-15(19)13-3-2-11(9-21)24-13/h2-5,10,12,21H,6-9H2,1H3/t10-,12-/m0/s1. The minimum atomic E-state index is -0.402. The summed E-state index contributed by atoms with van der Waals surface area (Å²) in [5.74, 6) is 1.62. The normalized spacial score (nSPS) is 23.9. The van der Waals surface area contributed by atoms with Crippen LogP contribution in [-0.2, 0) is 16.2 Å². The van der Waals surface area contributed by atoms with E-state index in [9.17, 15) is 9.59 Å². The second-order valence-corrected chi connectivity index (χ2v) is 6.23. The van der Waals surface area contributed by atoms with Gasteiger partial charge in [-0.2, -0.15) is 0 Å². The molecule has 0 unspecified atom stereocenters. The van der Waals surface area contributed by atoms with E-state index in [4.69, 9.17) is 9.52 Å². The number of hydrogen-bond acceptors (Lipinski definition) is 5. The monoisotopic (exact) mass is 330 g/mol. The molecule has 0 aliphatic carbocycles. The van der Waals surface area contributed by atoms with Gasteiger partial charge in [0.25, 0.3) is 0 Å². The molecule has 2 aliphatic heterocycles. The van der Waals surface area contributed by atoms with Crippen LogP contribution in [-0.4, -0.2) is 62.5 Å². The molecule has 2 aromatic heterocycles. The number of imidazole rings is 1. The fraction of sp³-hybridized carbons (Fsp3) is 0.438. The van der Waals surface area contributed by atoms with Crippen LogP contribution < -0.4 is 0 Å². The molecule has 0 spiro atoms. The number of piperazine rings is 1. The van der Waals surface area contributed by atoms with Crippen LogP contribution in [0.2, 0.25) is 0 Å². The van der Waals surface area contributed by atoms with Gasteiger partial charge in [0.15, 0.2) is 11.6 Å². The molecule has 2 saturated heterocycles. The smallest absolute Gasteiger partial charge is 0.245 e. The maximum atomic E-state index is 12.3. The lowest BCUT2D eigenvalue weighted by Crippen LogP contribution is -2.55. The van der Waals surface area contributed by atoms with Gasteiger partial charge in [-0.15, -0.1) is 0 Å². The molecule has 4 rings (SSSR count). The summed E-state index contributed by atoms with van der Waals surface area (Å²) in [5.41, 5.74) is 0. The van der Waals surface area contributed by atoms with Gasteiger partial charge in [-0.3, -0.25) is 9.59 Å². The van der Waals surface area contributed by atoms with Gasteiger partial charge in [-0.05, 0) is 18.6 Å². The van der Waals surface area contributed by atoms with Gasteiger partial charge in [0.2, 0.25) is 11.8 Å². The highest BCUT2D eigenvalue weighted by Crippen LogP contribution is 2.34. The Balaban J connectivity index is 1.63. The van der Waals surface area contributed by atoms with E-state index in [0.717, 1.165) is 0 Å². The number of likely N-dealkylation sites (N-methyl/N-ethyl adjacent to an activating group) is 1. The Kier molecular flexibility index (Phi) is 3.42. The lowest BCUT2D eigenvalue weighted by molar-refractivity contribution is -0.152. The van der Waals surface area contributed by atoms with E-state index in [2.05, 4.69) is 4.98 Å². The third-order valence-electron chi connectivity index (χ3n) is 4.73. The molecule has 0 radical (unpaired) electrons. The Morgan fingerprint density at radius 3 is 2.96 bits per heavy atom. The summed E-state index contributed by atoms with van der Waals surface area (Å²) in [6.07, 6.45) is 4.06. The van der Waals surface area contributed by atoms with Gasteiger partial charge < -0.3 is 23.9 Å². The number of hydrogen-bond donors (Lipinski definition) is 1. The minimum absolute atomic E-state index is 0.0145. The topological polar surface area (TPSA) is 91.8 Å². The number of furan rings is 1. The van der Waals surface area contributed by atoms with Crippen molar-refractivity contribution in [3.8, 4) is 11.6 Å². The molecule has 24 heavy (non-hydrogen) atoms. The fourth-order valence-corrected chi connectivity index (χ4v) is 3.53. The zero-order valence-electron chi connectivity index (χ0n) is 13.3. The van der Waals surface area contributed by atoms with E-state index in [-0.39, 0.29) is 31.0 Å². The molecule has 0 aromatic carbocycles. The maximum absolute atomic E-state index is 12.3. The van der Waals surface area contributed by atoms with E-state index < -0.39 is 6.04 Å². The Hall–Kier alpha value is -2.61. The second-order valence-electron chi connectivity index (χ2n) is 6.23. The van der Waals surface area contributed by atoms with E-state index in [1.165, 1.54) is 4.90 Å². The first-order valence-corrected chi connectivity index (χ1v) is 7.85. The van der Waals surface area contributed by atoms with Crippen molar-refractivity contribution in [2.24, 2.45) is 0 Å². The predicted octanol–water partition coefficient (Wildman–Crippen LogP) is 0.249. The van der Waals surface area contributed by atoms with E-state index in [1.54, 1.807) is 30.3 Å². The second kappa shape index (κ2) is 5.48. The molecule has 8 heteroatoms.